The van der Waals surface area contributed by atoms with Gasteiger partial charge in [0.2, 0.25) is 5.91 Å². The quantitative estimate of drug-likeness (QED) is 0.770. The highest BCUT2D eigenvalue weighted by Crippen LogP contribution is 2.13. The van der Waals surface area contributed by atoms with E-state index < -0.39 is 0 Å². The lowest BCUT2D eigenvalue weighted by atomic mass is 10.1. The van der Waals surface area contributed by atoms with Crippen molar-refractivity contribution in [2.24, 2.45) is 0 Å². The average Bonchev–Trinajstić information content (AvgIpc) is 2.58. The van der Waals surface area contributed by atoms with Crippen LogP contribution in [0.3, 0.4) is 0 Å². The SMILES string of the molecule is COc1cccc(CCN(C)C(=O)C=Cc2cccnc2)c1. The number of pyridine rings is 1. The Labute approximate surface area is 131 Å². The molecule has 1 aromatic carbocycles. The third kappa shape index (κ3) is 4.74. The van der Waals surface area contributed by atoms with Crippen molar-refractivity contribution in [2.75, 3.05) is 20.7 Å². The molecule has 0 unspecified atom stereocenters. The molecule has 0 aliphatic rings. The van der Waals surface area contributed by atoms with Gasteiger partial charge in [-0.05, 0) is 41.8 Å². The van der Waals surface area contributed by atoms with Crippen LogP contribution in [0.2, 0.25) is 0 Å². The molecule has 1 heterocycles. The second-order valence-corrected chi connectivity index (χ2v) is 4.98. The summed E-state index contributed by atoms with van der Waals surface area (Å²) in [6.45, 7) is 0.656. The number of likely N-dealkylation sites (N-methyl/N-ethyl adjacent to an activating group) is 1. The van der Waals surface area contributed by atoms with Gasteiger partial charge in [0.25, 0.3) is 0 Å². The second-order valence-electron chi connectivity index (χ2n) is 4.98. The number of nitrogens with zero attached hydrogens (tertiary/aromatic N) is 2. The van der Waals surface area contributed by atoms with Gasteiger partial charge in [0.05, 0.1) is 7.11 Å². The summed E-state index contributed by atoms with van der Waals surface area (Å²) < 4.78 is 5.20. The first-order chi connectivity index (χ1) is 10.7. The van der Waals surface area contributed by atoms with E-state index in [0.29, 0.717) is 6.54 Å². The van der Waals surface area contributed by atoms with Crippen molar-refractivity contribution < 1.29 is 9.53 Å². The molecule has 0 aliphatic carbocycles. The number of ether oxygens (including phenoxy) is 1. The van der Waals surface area contributed by atoms with Crippen LogP contribution in [-0.4, -0.2) is 36.5 Å². The largest absolute Gasteiger partial charge is 0.497 e. The zero-order valence-corrected chi connectivity index (χ0v) is 12.9. The number of rotatable bonds is 6. The van der Waals surface area contributed by atoms with Crippen molar-refractivity contribution >= 4 is 12.0 Å². The fraction of sp³-hybridized carbons (Fsp3) is 0.222. The van der Waals surface area contributed by atoms with Gasteiger partial charge in [0, 0.05) is 32.1 Å². The number of benzene rings is 1. The van der Waals surface area contributed by atoms with E-state index in [1.54, 1.807) is 43.6 Å². The van der Waals surface area contributed by atoms with Crippen molar-refractivity contribution in [1.82, 2.24) is 9.88 Å². The summed E-state index contributed by atoms with van der Waals surface area (Å²) in [6.07, 6.45) is 7.57. The topological polar surface area (TPSA) is 42.4 Å². The third-order valence-corrected chi connectivity index (χ3v) is 3.35. The van der Waals surface area contributed by atoms with Gasteiger partial charge in [-0.25, -0.2) is 0 Å². The van der Waals surface area contributed by atoms with Crippen LogP contribution in [0.5, 0.6) is 5.75 Å². The highest BCUT2D eigenvalue weighted by molar-refractivity contribution is 5.91. The van der Waals surface area contributed by atoms with Gasteiger partial charge in [-0.1, -0.05) is 18.2 Å². The first-order valence-electron chi connectivity index (χ1n) is 7.15. The lowest BCUT2D eigenvalue weighted by Crippen LogP contribution is -2.27. The number of aromatic nitrogens is 1. The van der Waals surface area contributed by atoms with Crippen LogP contribution in [0.25, 0.3) is 6.08 Å². The molecular formula is C18H20N2O2. The molecular weight excluding hydrogens is 276 g/mol. The van der Waals surface area contributed by atoms with Gasteiger partial charge in [-0.15, -0.1) is 0 Å². The minimum absolute atomic E-state index is 0.0215. The molecule has 0 saturated heterocycles. The first kappa shape index (κ1) is 15.8. The first-order valence-corrected chi connectivity index (χ1v) is 7.15. The fourth-order valence-corrected chi connectivity index (χ4v) is 2.00. The maximum Gasteiger partial charge on any atom is 0.246 e. The van der Waals surface area contributed by atoms with Crippen molar-refractivity contribution in [2.45, 2.75) is 6.42 Å². The zero-order valence-electron chi connectivity index (χ0n) is 12.9. The number of amides is 1. The smallest absolute Gasteiger partial charge is 0.246 e. The molecule has 0 radical (unpaired) electrons. The minimum atomic E-state index is -0.0215. The van der Waals surface area contributed by atoms with E-state index >= 15 is 0 Å². The molecule has 0 saturated carbocycles. The van der Waals surface area contributed by atoms with Crippen molar-refractivity contribution in [3.8, 4) is 5.75 Å². The molecule has 2 aromatic rings. The van der Waals surface area contributed by atoms with E-state index in [1.165, 1.54) is 0 Å². The van der Waals surface area contributed by atoms with Gasteiger partial charge in [0.15, 0.2) is 0 Å². The summed E-state index contributed by atoms with van der Waals surface area (Å²) in [7, 11) is 3.45. The van der Waals surface area contributed by atoms with Crippen LogP contribution in [0.15, 0.2) is 54.9 Å². The molecule has 1 amide bonds. The molecule has 114 valence electrons. The number of methoxy groups -OCH3 is 1. The molecule has 22 heavy (non-hydrogen) atoms. The van der Waals surface area contributed by atoms with Crippen LogP contribution >= 0.6 is 0 Å². The van der Waals surface area contributed by atoms with Crippen LogP contribution in [0, 0.1) is 0 Å². The molecule has 0 fully saturated rings. The molecule has 0 atom stereocenters. The predicted molar refractivity (Wildman–Crippen MR) is 87.6 cm³/mol. The molecule has 2 rings (SSSR count). The summed E-state index contributed by atoms with van der Waals surface area (Å²) in [4.78, 5) is 17.8. The normalized spacial score (nSPS) is 10.6. The number of carbonyl (C=O) groups is 1. The number of hydrogen-bond donors (Lipinski definition) is 0. The summed E-state index contributed by atoms with van der Waals surface area (Å²) >= 11 is 0. The summed E-state index contributed by atoms with van der Waals surface area (Å²) in [5.74, 6) is 0.815. The van der Waals surface area contributed by atoms with Gasteiger partial charge in [-0.2, -0.15) is 0 Å². The van der Waals surface area contributed by atoms with Gasteiger partial charge in [-0.3, -0.25) is 9.78 Å². The lowest BCUT2D eigenvalue weighted by Gasteiger charge is -2.15. The number of hydrogen-bond acceptors (Lipinski definition) is 3. The predicted octanol–water partition coefficient (Wildman–Crippen LogP) is 2.80. The highest BCUT2D eigenvalue weighted by atomic mass is 16.5. The second kappa shape index (κ2) is 7.98. The Morgan fingerprint density at radius 2 is 2.18 bits per heavy atom. The average molecular weight is 296 g/mol. The Kier molecular flexibility index (Phi) is 5.72. The Bertz CT molecular complexity index is 639. The molecule has 0 bridgehead atoms. The van der Waals surface area contributed by atoms with Crippen molar-refractivity contribution in [1.29, 1.82) is 0 Å². The van der Waals surface area contributed by atoms with Crippen molar-refractivity contribution in [3.63, 3.8) is 0 Å². The zero-order chi connectivity index (χ0) is 15.8. The molecule has 4 heteroatoms. The highest BCUT2D eigenvalue weighted by Gasteiger charge is 2.05. The van der Waals surface area contributed by atoms with Crippen LogP contribution in [0.1, 0.15) is 11.1 Å². The lowest BCUT2D eigenvalue weighted by molar-refractivity contribution is -0.124. The summed E-state index contributed by atoms with van der Waals surface area (Å²) in [6, 6.07) is 11.6. The minimum Gasteiger partial charge on any atom is -0.497 e. The fourth-order valence-electron chi connectivity index (χ4n) is 2.00. The van der Waals surface area contributed by atoms with E-state index in [2.05, 4.69) is 4.98 Å². The van der Waals surface area contributed by atoms with Crippen molar-refractivity contribution in [3.05, 3.63) is 66.0 Å². The van der Waals surface area contributed by atoms with Crippen LogP contribution in [0.4, 0.5) is 0 Å². The third-order valence-electron chi connectivity index (χ3n) is 3.35. The molecule has 0 aliphatic heterocycles. The number of carbonyl (C=O) groups excluding carboxylic acids is 1. The molecule has 0 N–H and O–H groups in total. The Morgan fingerprint density at radius 3 is 2.91 bits per heavy atom. The van der Waals surface area contributed by atoms with Crippen LogP contribution < -0.4 is 4.74 Å². The monoisotopic (exact) mass is 296 g/mol. The molecule has 0 spiro atoms. The van der Waals surface area contributed by atoms with Gasteiger partial charge in [0.1, 0.15) is 5.75 Å². The van der Waals surface area contributed by atoms with E-state index in [0.717, 1.165) is 23.3 Å². The summed E-state index contributed by atoms with van der Waals surface area (Å²) in [5.41, 5.74) is 2.06. The maximum absolute atomic E-state index is 12.1. The molecule has 1 aromatic heterocycles. The van der Waals surface area contributed by atoms with E-state index in [4.69, 9.17) is 4.74 Å². The maximum atomic E-state index is 12.1. The van der Waals surface area contributed by atoms with Gasteiger partial charge >= 0.3 is 0 Å². The molecule has 4 nitrogen and oxygen atoms in total. The van der Waals surface area contributed by atoms with E-state index in [-0.39, 0.29) is 5.91 Å². The van der Waals surface area contributed by atoms with E-state index in [9.17, 15) is 4.79 Å². The van der Waals surface area contributed by atoms with Gasteiger partial charge < -0.3 is 9.64 Å². The summed E-state index contributed by atoms with van der Waals surface area (Å²) in [5, 5.41) is 0. The van der Waals surface area contributed by atoms with Crippen LogP contribution in [-0.2, 0) is 11.2 Å². The standard InChI is InChI=1S/C18H20N2O2/c1-20(12-10-15-5-3-7-17(13-15)22-2)18(21)9-8-16-6-4-11-19-14-16/h3-9,11,13-14H,10,12H2,1-2H3. The Balaban J connectivity index is 1.87. The van der Waals surface area contributed by atoms with E-state index in [1.807, 2.05) is 36.4 Å². The Morgan fingerprint density at radius 1 is 1.32 bits per heavy atom. The Hall–Kier alpha value is -2.62.